The first-order valence-electron chi connectivity index (χ1n) is 6.48. The normalized spacial score (nSPS) is 22.2. The zero-order valence-electron chi connectivity index (χ0n) is 11.3. The number of carbonyl (C=O) groups is 1. The molecule has 2 rings (SSSR count). The SMILES string of the molecule is COc1cccc(NC(=O)CNC2CCOC2C)c1. The largest absolute Gasteiger partial charge is 0.497 e. The molecular formula is C14H20N2O3. The lowest BCUT2D eigenvalue weighted by Gasteiger charge is -2.15. The number of rotatable bonds is 5. The molecule has 1 aliphatic heterocycles. The standard InChI is InChI=1S/C14H20N2O3/c1-10-13(6-7-19-10)15-9-14(17)16-11-4-3-5-12(8-11)18-2/h3-5,8,10,13,15H,6-7,9H2,1-2H3,(H,16,17). The molecule has 2 N–H and O–H groups in total. The molecule has 1 aliphatic rings. The molecular weight excluding hydrogens is 244 g/mol. The third-order valence-corrected chi connectivity index (χ3v) is 3.25. The van der Waals surface area contributed by atoms with Crippen molar-refractivity contribution in [3.05, 3.63) is 24.3 Å². The zero-order chi connectivity index (χ0) is 13.7. The van der Waals surface area contributed by atoms with Gasteiger partial charge in [0.15, 0.2) is 0 Å². The summed E-state index contributed by atoms with van der Waals surface area (Å²) in [6.45, 7) is 3.07. The van der Waals surface area contributed by atoms with Crippen LogP contribution in [-0.2, 0) is 9.53 Å². The monoisotopic (exact) mass is 264 g/mol. The van der Waals surface area contributed by atoms with Gasteiger partial charge in [-0.2, -0.15) is 0 Å². The molecule has 1 saturated heterocycles. The van der Waals surface area contributed by atoms with Gasteiger partial charge in [0.05, 0.1) is 19.8 Å². The van der Waals surface area contributed by atoms with E-state index in [0.717, 1.165) is 24.5 Å². The molecule has 1 aromatic rings. The van der Waals surface area contributed by atoms with E-state index in [1.54, 1.807) is 13.2 Å². The Bertz CT molecular complexity index is 436. The first-order valence-corrected chi connectivity index (χ1v) is 6.48. The molecule has 0 radical (unpaired) electrons. The maximum atomic E-state index is 11.8. The van der Waals surface area contributed by atoms with E-state index in [1.807, 2.05) is 25.1 Å². The summed E-state index contributed by atoms with van der Waals surface area (Å²) in [5, 5.41) is 6.04. The third-order valence-electron chi connectivity index (χ3n) is 3.25. The van der Waals surface area contributed by atoms with Gasteiger partial charge >= 0.3 is 0 Å². The van der Waals surface area contributed by atoms with E-state index in [9.17, 15) is 4.79 Å². The minimum atomic E-state index is -0.0626. The molecule has 104 valence electrons. The number of hydrogen-bond donors (Lipinski definition) is 2. The van der Waals surface area contributed by atoms with Gasteiger partial charge in [-0.3, -0.25) is 4.79 Å². The van der Waals surface area contributed by atoms with Crippen molar-refractivity contribution in [1.29, 1.82) is 0 Å². The van der Waals surface area contributed by atoms with Crippen LogP contribution in [-0.4, -0.2) is 38.3 Å². The van der Waals surface area contributed by atoms with Crippen LogP contribution < -0.4 is 15.4 Å². The number of methoxy groups -OCH3 is 1. The summed E-state index contributed by atoms with van der Waals surface area (Å²) in [6, 6.07) is 7.57. The Labute approximate surface area is 113 Å². The fourth-order valence-electron chi connectivity index (χ4n) is 2.13. The summed E-state index contributed by atoms with van der Waals surface area (Å²) in [5.74, 6) is 0.663. The number of benzene rings is 1. The van der Waals surface area contributed by atoms with E-state index in [4.69, 9.17) is 9.47 Å². The smallest absolute Gasteiger partial charge is 0.238 e. The summed E-state index contributed by atoms with van der Waals surface area (Å²) < 4.78 is 10.5. The minimum Gasteiger partial charge on any atom is -0.497 e. The Balaban J connectivity index is 1.80. The average Bonchev–Trinajstić information content (AvgIpc) is 2.82. The molecule has 19 heavy (non-hydrogen) atoms. The molecule has 1 aromatic carbocycles. The highest BCUT2D eigenvalue weighted by atomic mass is 16.5. The van der Waals surface area contributed by atoms with Crippen LogP contribution in [0.2, 0.25) is 0 Å². The van der Waals surface area contributed by atoms with E-state index in [1.165, 1.54) is 0 Å². The summed E-state index contributed by atoms with van der Waals surface area (Å²) in [5.41, 5.74) is 0.738. The van der Waals surface area contributed by atoms with Crippen molar-refractivity contribution < 1.29 is 14.3 Å². The van der Waals surface area contributed by atoms with Gasteiger partial charge in [0.2, 0.25) is 5.91 Å². The number of carbonyl (C=O) groups excluding carboxylic acids is 1. The van der Waals surface area contributed by atoms with Crippen molar-refractivity contribution in [3.63, 3.8) is 0 Å². The minimum absolute atomic E-state index is 0.0626. The lowest BCUT2D eigenvalue weighted by Crippen LogP contribution is -2.39. The fraction of sp³-hybridized carbons (Fsp3) is 0.500. The molecule has 0 aromatic heterocycles. The molecule has 1 heterocycles. The predicted octanol–water partition coefficient (Wildman–Crippen LogP) is 1.40. The van der Waals surface area contributed by atoms with Gasteiger partial charge in [0.1, 0.15) is 5.75 Å². The van der Waals surface area contributed by atoms with Gasteiger partial charge in [0, 0.05) is 24.4 Å². The van der Waals surface area contributed by atoms with Gasteiger partial charge in [-0.05, 0) is 25.5 Å². The van der Waals surface area contributed by atoms with Gasteiger partial charge in [-0.1, -0.05) is 6.07 Å². The Hall–Kier alpha value is -1.59. The van der Waals surface area contributed by atoms with Gasteiger partial charge in [0.25, 0.3) is 0 Å². The zero-order valence-corrected chi connectivity index (χ0v) is 11.3. The van der Waals surface area contributed by atoms with Gasteiger partial charge in [-0.15, -0.1) is 0 Å². The molecule has 1 fully saturated rings. The lowest BCUT2D eigenvalue weighted by molar-refractivity contribution is -0.115. The van der Waals surface area contributed by atoms with Crippen LogP contribution >= 0.6 is 0 Å². The highest BCUT2D eigenvalue weighted by molar-refractivity contribution is 5.92. The van der Waals surface area contributed by atoms with Crippen molar-refractivity contribution in [2.24, 2.45) is 0 Å². The number of ether oxygens (including phenoxy) is 2. The van der Waals surface area contributed by atoms with E-state index in [0.29, 0.717) is 0 Å². The van der Waals surface area contributed by atoms with Crippen molar-refractivity contribution in [2.75, 3.05) is 25.6 Å². The highest BCUT2D eigenvalue weighted by Gasteiger charge is 2.23. The molecule has 5 nitrogen and oxygen atoms in total. The number of hydrogen-bond acceptors (Lipinski definition) is 4. The maximum absolute atomic E-state index is 11.8. The first kappa shape index (κ1) is 13.8. The third kappa shape index (κ3) is 3.94. The second-order valence-corrected chi connectivity index (χ2v) is 4.63. The van der Waals surface area contributed by atoms with Crippen LogP contribution in [0.5, 0.6) is 5.75 Å². The molecule has 1 amide bonds. The summed E-state index contributed by atoms with van der Waals surface area (Å²) in [6.07, 6.45) is 1.12. The topological polar surface area (TPSA) is 59.6 Å². The Morgan fingerprint density at radius 2 is 2.37 bits per heavy atom. The second kappa shape index (κ2) is 6.54. The average molecular weight is 264 g/mol. The predicted molar refractivity (Wildman–Crippen MR) is 73.4 cm³/mol. The molecule has 0 bridgehead atoms. The van der Waals surface area contributed by atoms with E-state index in [-0.39, 0.29) is 24.6 Å². The van der Waals surface area contributed by atoms with Crippen LogP contribution in [0.15, 0.2) is 24.3 Å². The summed E-state index contributed by atoms with van der Waals surface area (Å²) in [7, 11) is 1.60. The maximum Gasteiger partial charge on any atom is 0.238 e. The van der Waals surface area contributed by atoms with Gasteiger partial charge < -0.3 is 20.1 Å². The molecule has 0 spiro atoms. The Morgan fingerprint density at radius 1 is 1.53 bits per heavy atom. The van der Waals surface area contributed by atoms with Crippen molar-refractivity contribution in [1.82, 2.24) is 5.32 Å². The van der Waals surface area contributed by atoms with Crippen LogP contribution in [0.3, 0.4) is 0 Å². The molecule has 0 aliphatic carbocycles. The quantitative estimate of drug-likeness (QED) is 0.844. The van der Waals surface area contributed by atoms with Crippen LogP contribution in [0.4, 0.5) is 5.69 Å². The number of nitrogens with one attached hydrogen (secondary N) is 2. The molecule has 5 heteroatoms. The lowest BCUT2D eigenvalue weighted by atomic mass is 10.1. The Morgan fingerprint density at radius 3 is 3.05 bits per heavy atom. The van der Waals surface area contributed by atoms with Crippen LogP contribution in [0.1, 0.15) is 13.3 Å². The summed E-state index contributed by atoms with van der Waals surface area (Å²) >= 11 is 0. The van der Waals surface area contributed by atoms with Crippen LogP contribution in [0.25, 0.3) is 0 Å². The Kier molecular flexibility index (Phi) is 4.76. The molecule has 2 unspecified atom stereocenters. The van der Waals surface area contributed by atoms with E-state index >= 15 is 0 Å². The second-order valence-electron chi connectivity index (χ2n) is 4.63. The molecule has 2 atom stereocenters. The van der Waals surface area contributed by atoms with Crippen LogP contribution in [0, 0.1) is 0 Å². The molecule has 0 saturated carbocycles. The van der Waals surface area contributed by atoms with E-state index in [2.05, 4.69) is 10.6 Å². The number of anilines is 1. The highest BCUT2D eigenvalue weighted by Crippen LogP contribution is 2.16. The first-order chi connectivity index (χ1) is 9.19. The van der Waals surface area contributed by atoms with Crippen molar-refractivity contribution in [2.45, 2.75) is 25.5 Å². The number of amides is 1. The summed E-state index contributed by atoms with van der Waals surface area (Å²) in [4.78, 5) is 11.8. The van der Waals surface area contributed by atoms with Gasteiger partial charge in [-0.25, -0.2) is 0 Å². The van der Waals surface area contributed by atoms with E-state index < -0.39 is 0 Å². The van der Waals surface area contributed by atoms with Crippen molar-refractivity contribution in [3.8, 4) is 5.75 Å². The van der Waals surface area contributed by atoms with Crippen molar-refractivity contribution >= 4 is 11.6 Å². The fourth-order valence-corrected chi connectivity index (χ4v) is 2.13.